The van der Waals surface area contributed by atoms with E-state index in [9.17, 15) is 4.79 Å². The summed E-state index contributed by atoms with van der Waals surface area (Å²) in [5, 5.41) is 2.38. The predicted octanol–water partition coefficient (Wildman–Crippen LogP) is 9.64. The van der Waals surface area contributed by atoms with Gasteiger partial charge in [0.25, 0.3) is 0 Å². The Morgan fingerprint density at radius 2 is 1.21 bits per heavy atom. The summed E-state index contributed by atoms with van der Waals surface area (Å²) in [4.78, 5) is 16.1. The highest BCUT2D eigenvalue weighted by Gasteiger charge is 2.46. The number of aromatic nitrogens is 2. The highest BCUT2D eigenvalue weighted by atomic mass is 16.6. The minimum absolute atomic E-state index is 0.301. The maximum Gasteiger partial charge on any atom is 0.340 e. The Bertz CT molecular complexity index is 2070. The third kappa shape index (κ3) is 4.63. The Kier molecular flexibility index (Phi) is 7.79. The van der Waals surface area contributed by atoms with E-state index in [0.29, 0.717) is 5.56 Å². The summed E-state index contributed by atoms with van der Waals surface area (Å²) >= 11 is 0. The molecule has 1 unspecified atom stereocenters. The number of cyclic esters (lactones) is 1. The molecular weight excluding hydrogens is 578 g/mol. The summed E-state index contributed by atoms with van der Waals surface area (Å²) in [6.07, 6.45) is 2.26. The Hall–Kier alpha value is -5.03. The fourth-order valence-corrected chi connectivity index (χ4v) is 7.98. The zero-order valence-electron chi connectivity index (χ0n) is 28.3. The summed E-state index contributed by atoms with van der Waals surface area (Å²) in [6, 6.07) is 33.8. The van der Waals surface area contributed by atoms with Gasteiger partial charge >= 0.3 is 5.97 Å². The van der Waals surface area contributed by atoms with Gasteiger partial charge in [-0.05, 0) is 83.5 Å². The molecule has 0 saturated carbocycles. The molecule has 1 aliphatic heterocycles. The maximum absolute atomic E-state index is 13.8. The number of rotatable bonds is 9. The first-order valence-corrected chi connectivity index (χ1v) is 17.0. The Labute approximate surface area is 277 Å². The highest BCUT2D eigenvalue weighted by molar-refractivity contribution is 6.07. The van der Waals surface area contributed by atoms with Gasteiger partial charge in [0.15, 0.2) is 5.60 Å². The number of anilines is 1. The molecule has 0 fully saturated rings. The fraction of sp³-hybridized carbons (Fsp3) is 0.262. The number of ether oxygens (including phenoxy) is 1. The van der Waals surface area contributed by atoms with E-state index < -0.39 is 5.60 Å². The monoisotopic (exact) mass is 621 g/mol. The molecule has 2 aromatic heterocycles. The van der Waals surface area contributed by atoms with Crippen LogP contribution in [0.15, 0.2) is 103 Å². The van der Waals surface area contributed by atoms with Crippen LogP contribution in [0.3, 0.4) is 0 Å². The van der Waals surface area contributed by atoms with Gasteiger partial charge in [0.1, 0.15) is 0 Å². The molecule has 0 aliphatic carbocycles. The fourth-order valence-electron chi connectivity index (χ4n) is 7.98. The van der Waals surface area contributed by atoms with Crippen molar-refractivity contribution in [2.45, 2.75) is 60.2 Å². The van der Waals surface area contributed by atoms with Crippen molar-refractivity contribution in [1.29, 1.82) is 0 Å². The molecule has 0 spiro atoms. The number of hydrogen-bond donors (Lipinski definition) is 0. The van der Waals surface area contributed by atoms with Gasteiger partial charge < -0.3 is 18.8 Å². The SMILES string of the molecule is CCN(CC)c1ccc(C2(C=C(c3c(C)n(CC)c4ccccc34)c3c(C)n(CC)c4ccccc34)OC(=O)c3ccccc32)cc1. The first-order valence-electron chi connectivity index (χ1n) is 17.0. The second kappa shape index (κ2) is 12.0. The maximum atomic E-state index is 13.8. The molecule has 0 amide bonds. The summed E-state index contributed by atoms with van der Waals surface area (Å²) in [5.41, 5.74) is 10.6. The molecule has 47 heavy (non-hydrogen) atoms. The van der Waals surface area contributed by atoms with E-state index in [4.69, 9.17) is 4.74 Å². The lowest BCUT2D eigenvalue weighted by Gasteiger charge is -2.29. The molecule has 1 aliphatic rings. The average Bonchev–Trinajstić information content (AvgIpc) is 3.67. The second-order valence-electron chi connectivity index (χ2n) is 12.4. The van der Waals surface area contributed by atoms with Crippen LogP contribution in [0.1, 0.15) is 71.7 Å². The molecule has 3 heterocycles. The highest BCUT2D eigenvalue weighted by Crippen LogP contribution is 2.49. The van der Waals surface area contributed by atoms with Crippen LogP contribution in [0.5, 0.6) is 0 Å². The molecule has 5 heteroatoms. The number of esters is 1. The van der Waals surface area contributed by atoms with Gasteiger partial charge in [-0.2, -0.15) is 0 Å². The molecule has 5 nitrogen and oxygen atoms in total. The van der Waals surface area contributed by atoms with Gasteiger partial charge in [0.2, 0.25) is 0 Å². The van der Waals surface area contributed by atoms with Crippen molar-refractivity contribution in [1.82, 2.24) is 9.13 Å². The number of benzene rings is 4. The van der Waals surface area contributed by atoms with Crippen LogP contribution in [0.4, 0.5) is 5.69 Å². The summed E-state index contributed by atoms with van der Waals surface area (Å²) in [5.74, 6) is -0.301. The van der Waals surface area contributed by atoms with Crippen molar-refractivity contribution in [3.05, 3.63) is 142 Å². The van der Waals surface area contributed by atoms with Gasteiger partial charge in [-0.15, -0.1) is 0 Å². The molecular formula is C42H43N3O2. The summed E-state index contributed by atoms with van der Waals surface area (Å²) in [7, 11) is 0. The van der Waals surface area contributed by atoms with Gasteiger partial charge in [-0.25, -0.2) is 4.79 Å². The number of fused-ring (bicyclic) bond motifs is 3. The van der Waals surface area contributed by atoms with Crippen LogP contribution in [0, 0.1) is 13.8 Å². The third-order valence-corrected chi connectivity index (χ3v) is 10.2. The summed E-state index contributed by atoms with van der Waals surface area (Å²) < 4.78 is 11.5. The van der Waals surface area contributed by atoms with Crippen LogP contribution in [0.2, 0.25) is 0 Å². The van der Waals surface area contributed by atoms with Crippen molar-refractivity contribution < 1.29 is 9.53 Å². The van der Waals surface area contributed by atoms with E-state index in [1.807, 2.05) is 18.2 Å². The molecule has 1 atom stereocenters. The zero-order chi connectivity index (χ0) is 32.9. The smallest absolute Gasteiger partial charge is 0.340 e. The Morgan fingerprint density at radius 1 is 0.702 bits per heavy atom. The van der Waals surface area contributed by atoms with E-state index in [2.05, 4.69) is 141 Å². The van der Waals surface area contributed by atoms with Crippen molar-refractivity contribution in [2.75, 3.05) is 18.0 Å². The van der Waals surface area contributed by atoms with Crippen molar-refractivity contribution >= 4 is 39.0 Å². The van der Waals surface area contributed by atoms with Crippen LogP contribution >= 0.6 is 0 Å². The summed E-state index contributed by atoms with van der Waals surface area (Å²) in [6.45, 7) is 16.7. The van der Waals surface area contributed by atoms with E-state index in [1.54, 1.807) is 0 Å². The lowest BCUT2D eigenvalue weighted by Crippen LogP contribution is -2.27. The number of nitrogens with zero attached hydrogens (tertiary/aromatic N) is 3. The average molecular weight is 622 g/mol. The normalized spacial score (nSPS) is 15.7. The molecule has 0 N–H and O–H groups in total. The van der Waals surface area contributed by atoms with Crippen molar-refractivity contribution in [2.24, 2.45) is 0 Å². The first-order chi connectivity index (χ1) is 22.9. The standard InChI is InChI=1S/C42H43N3O2/c1-7-43(8-2)31-25-23-30(24-26-31)42(36-20-14-11-17-32(36)41(46)47-42)27-35(39-28(5)44(9-3)37-21-15-12-18-33(37)39)40-29(6)45(10-4)38-22-16-13-19-34(38)40/h11-27H,7-10H2,1-6H3. The topological polar surface area (TPSA) is 39.4 Å². The van der Waals surface area contributed by atoms with Gasteiger partial charge in [0.05, 0.1) is 5.56 Å². The van der Waals surface area contributed by atoms with Gasteiger partial charge in [-0.3, -0.25) is 0 Å². The zero-order valence-corrected chi connectivity index (χ0v) is 28.3. The quantitative estimate of drug-likeness (QED) is 0.151. The number of carbonyl (C=O) groups is 1. The minimum atomic E-state index is -1.13. The van der Waals surface area contributed by atoms with Crippen LogP contribution in [-0.4, -0.2) is 28.2 Å². The largest absolute Gasteiger partial charge is 0.441 e. The second-order valence-corrected chi connectivity index (χ2v) is 12.4. The lowest BCUT2D eigenvalue weighted by molar-refractivity contribution is 0.0276. The van der Waals surface area contributed by atoms with E-state index in [0.717, 1.165) is 48.6 Å². The number of aryl methyl sites for hydroxylation is 2. The number of para-hydroxylation sites is 2. The third-order valence-electron chi connectivity index (χ3n) is 10.2. The Morgan fingerprint density at radius 3 is 1.74 bits per heavy atom. The van der Waals surface area contributed by atoms with E-state index in [-0.39, 0.29) is 5.97 Å². The first kappa shape index (κ1) is 30.6. The molecule has 7 rings (SSSR count). The van der Waals surface area contributed by atoms with Crippen molar-refractivity contribution in [3.63, 3.8) is 0 Å². The van der Waals surface area contributed by atoms with Crippen LogP contribution < -0.4 is 4.90 Å². The molecule has 4 aromatic carbocycles. The molecule has 6 aromatic rings. The molecule has 0 bridgehead atoms. The number of hydrogen-bond acceptors (Lipinski definition) is 3. The van der Waals surface area contributed by atoms with Crippen molar-refractivity contribution in [3.8, 4) is 0 Å². The van der Waals surface area contributed by atoms with Crippen LogP contribution in [0.25, 0.3) is 27.4 Å². The van der Waals surface area contributed by atoms with E-state index >= 15 is 0 Å². The van der Waals surface area contributed by atoms with Crippen LogP contribution in [-0.2, 0) is 23.4 Å². The number of carbonyl (C=O) groups excluding carboxylic acids is 1. The predicted molar refractivity (Wildman–Crippen MR) is 194 cm³/mol. The molecule has 0 radical (unpaired) electrons. The minimum Gasteiger partial charge on any atom is -0.441 e. The van der Waals surface area contributed by atoms with E-state index in [1.165, 1.54) is 44.3 Å². The molecule has 0 saturated heterocycles. The van der Waals surface area contributed by atoms with Gasteiger partial charge in [-0.1, -0.05) is 66.7 Å². The van der Waals surface area contributed by atoms with Gasteiger partial charge in [0, 0.05) is 87.3 Å². The molecule has 238 valence electrons. The Balaban J connectivity index is 1.62. The lowest BCUT2D eigenvalue weighted by atomic mass is 9.81.